The minimum absolute atomic E-state index is 0.0858. The van der Waals surface area contributed by atoms with Crippen LogP contribution in [0.25, 0.3) is 0 Å². The summed E-state index contributed by atoms with van der Waals surface area (Å²) in [5.74, 6) is -0.949. The van der Waals surface area contributed by atoms with Crippen LogP contribution in [0, 0.1) is 9.49 Å². The van der Waals surface area contributed by atoms with Gasteiger partial charge in [-0.2, -0.15) is 0 Å². The SMILES string of the molecule is CC1CCCC(N)(C(=O)Nc2ccc(I)cc2C(=O)O)C1. The van der Waals surface area contributed by atoms with Crippen LogP contribution in [0.2, 0.25) is 0 Å². The number of amides is 1. The van der Waals surface area contributed by atoms with Gasteiger partial charge >= 0.3 is 5.97 Å². The summed E-state index contributed by atoms with van der Waals surface area (Å²) >= 11 is 2.04. The third-order valence-electron chi connectivity index (χ3n) is 3.94. The molecule has 0 bridgehead atoms. The maximum Gasteiger partial charge on any atom is 0.337 e. The van der Waals surface area contributed by atoms with Crippen LogP contribution in [0.1, 0.15) is 43.0 Å². The second-order valence-corrected chi connectivity index (χ2v) is 7.05. The predicted octanol–water partition coefficient (Wildman–Crippen LogP) is 2.84. The lowest BCUT2D eigenvalue weighted by Crippen LogP contribution is -2.53. The van der Waals surface area contributed by atoms with Crippen molar-refractivity contribution in [2.24, 2.45) is 11.7 Å². The predicted molar refractivity (Wildman–Crippen MR) is 89.3 cm³/mol. The van der Waals surface area contributed by atoms with Crippen LogP contribution >= 0.6 is 22.6 Å². The third-order valence-corrected chi connectivity index (χ3v) is 4.62. The van der Waals surface area contributed by atoms with E-state index < -0.39 is 11.5 Å². The van der Waals surface area contributed by atoms with Crippen molar-refractivity contribution in [1.82, 2.24) is 0 Å². The van der Waals surface area contributed by atoms with E-state index in [0.717, 1.165) is 16.4 Å². The third kappa shape index (κ3) is 3.74. The van der Waals surface area contributed by atoms with Gasteiger partial charge in [0.25, 0.3) is 0 Å². The number of hydrogen-bond donors (Lipinski definition) is 3. The van der Waals surface area contributed by atoms with Crippen LogP contribution in [0.3, 0.4) is 0 Å². The lowest BCUT2D eigenvalue weighted by molar-refractivity contribution is -0.122. The Hall–Kier alpha value is -1.15. The Morgan fingerprint density at radius 2 is 2.19 bits per heavy atom. The molecule has 6 heteroatoms. The summed E-state index contributed by atoms with van der Waals surface area (Å²) in [5, 5.41) is 11.9. The summed E-state index contributed by atoms with van der Waals surface area (Å²) in [6.45, 7) is 2.08. The molecule has 0 aliphatic heterocycles. The van der Waals surface area contributed by atoms with Crippen molar-refractivity contribution in [3.8, 4) is 0 Å². The first-order valence-corrected chi connectivity index (χ1v) is 8.03. The van der Waals surface area contributed by atoms with Crippen LogP contribution < -0.4 is 11.1 Å². The van der Waals surface area contributed by atoms with E-state index in [0.29, 0.717) is 24.4 Å². The number of hydrogen-bond acceptors (Lipinski definition) is 3. The molecule has 0 spiro atoms. The van der Waals surface area contributed by atoms with E-state index in [9.17, 15) is 14.7 Å². The molecule has 21 heavy (non-hydrogen) atoms. The highest BCUT2D eigenvalue weighted by molar-refractivity contribution is 14.1. The van der Waals surface area contributed by atoms with E-state index in [1.807, 2.05) is 22.6 Å². The van der Waals surface area contributed by atoms with Gasteiger partial charge in [-0.1, -0.05) is 19.8 Å². The van der Waals surface area contributed by atoms with Crippen molar-refractivity contribution in [1.29, 1.82) is 0 Å². The fraction of sp³-hybridized carbons (Fsp3) is 0.467. The molecule has 1 aliphatic rings. The standard InChI is InChI=1S/C15H19IN2O3/c1-9-3-2-6-15(17,8-9)14(21)18-12-5-4-10(16)7-11(12)13(19)20/h4-5,7,9H,2-3,6,8,17H2,1H3,(H,18,21)(H,19,20). The molecule has 114 valence electrons. The Balaban J connectivity index is 2.21. The van der Waals surface area contributed by atoms with Crippen molar-refractivity contribution in [3.05, 3.63) is 27.3 Å². The first-order valence-electron chi connectivity index (χ1n) is 6.95. The van der Waals surface area contributed by atoms with E-state index in [1.54, 1.807) is 12.1 Å². The molecule has 1 aliphatic carbocycles. The van der Waals surface area contributed by atoms with Crippen LogP contribution in [0.5, 0.6) is 0 Å². The van der Waals surface area contributed by atoms with Crippen molar-refractivity contribution >= 4 is 40.2 Å². The number of carboxylic acids is 1. The molecule has 2 unspecified atom stereocenters. The van der Waals surface area contributed by atoms with Crippen molar-refractivity contribution in [2.75, 3.05) is 5.32 Å². The molecule has 1 amide bonds. The Kier molecular flexibility index (Phi) is 4.88. The first-order chi connectivity index (χ1) is 9.82. The molecular weight excluding hydrogens is 383 g/mol. The van der Waals surface area contributed by atoms with Gasteiger partial charge < -0.3 is 16.2 Å². The van der Waals surface area contributed by atoms with Gasteiger partial charge in [-0.15, -0.1) is 0 Å². The van der Waals surface area contributed by atoms with Crippen LogP contribution in [0.15, 0.2) is 18.2 Å². The number of nitrogens with one attached hydrogen (secondary N) is 1. The zero-order chi connectivity index (χ0) is 15.6. The summed E-state index contributed by atoms with van der Waals surface area (Å²) in [6, 6.07) is 4.90. The fourth-order valence-corrected chi connectivity index (χ4v) is 3.34. The molecule has 1 saturated carbocycles. The summed E-state index contributed by atoms with van der Waals surface area (Å²) in [5.41, 5.74) is 5.72. The Morgan fingerprint density at radius 3 is 2.81 bits per heavy atom. The average Bonchev–Trinajstić information content (AvgIpc) is 2.40. The van der Waals surface area contributed by atoms with Gasteiger partial charge in [0.05, 0.1) is 16.8 Å². The zero-order valence-electron chi connectivity index (χ0n) is 11.9. The number of rotatable bonds is 3. The number of carbonyl (C=O) groups is 2. The molecular formula is C15H19IN2O3. The summed E-state index contributed by atoms with van der Waals surface area (Å²) in [4.78, 5) is 23.7. The maximum absolute atomic E-state index is 12.5. The molecule has 2 atom stereocenters. The van der Waals surface area contributed by atoms with Gasteiger partial charge in [0.2, 0.25) is 5.91 Å². The maximum atomic E-state index is 12.5. The van der Waals surface area contributed by atoms with Gasteiger partial charge in [-0.25, -0.2) is 4.79 Å². The van der Waals surface area contributed by atoms with Gasteiger partial charge in [0, 0.05) is 3.57 Å². The minimum atomic E-state index is -1.06. The number of aromatic carboxylic acids is 1. The average molecular weight is 402 g/mol. The summed E-state index contributed by atoms with van der Waals surface area (Å²) in [6.07, 6.45) is 3.27. The van der Waals surface area contributed by atoms with Crippen molar-refractivity contribution < 1.29 is 14.7 Å². The van der Waals surface area contributed by atoms with Gasteiger partial charge in [-0.3, -0.25) is 4.79 Å². The first kappa shape index (κ1) is 16.2. The highest BCUT2D eigenvalue weighted by Crippen LogP contribution is 2.31. The zero-order valence-corrected chi connectivity index (χ0v) is 14.0. The summed E-state index contributed by atoms with van der Waals surface area (Å²) < 4.78 is 0.803. The lowest BCUT2D eigenvalue weighted by atomic mass is 9.76. The van der Waals surface area contributed by atoms with E-state index in [1.165, 1.54) is 6.07 Å². The molecule has 4 N–H and O–H groups in total. The second-order valence-electron chi connectivity index (χ2n) is 5.81. The number of nitrogens with two attached hydrogens (primary N) is 1. The topological polar surface area (TPSA) is 92.4 Å². The molecule has 1 aromatic carbocycles. The molecule has 2 rings (SSSR count). The van der Waals surface area contributed by atoms with E-state index in [4.69, 9.17) is 5.73 Å². The molecule has 1 aromatic rings. The van der Waals surface area contributed by atoms with Crippen molar-refractivity contribution in [2.45, 2.75) is 38.1 Å². The smallest absolute Gasteiger partial charge is 0.337 e. The normalized spacial score (nSPS) is 25.4. The van der Waals surface area contributed by atoms with Crippen molar-refractivity contribution in [3.63, 3.8) is 0 Å². The number of carboxylic acid groups (broad SMARTS) is 1. The lowest BCUT2D eigenvalue weighted by Gasteiger charge is -2.35. The highest BCUT2D eigenvalue weighted by atomic mass is 127. The Labute approximate surface area is 137 Å². The quantitative estimate of drug-likeness (QED) is 0.678. The Bertz CT molecular complexity index is 576. The minimum Gasteiger partial charge on any atom is -0.478 e. The Morgan fingerprint density at radius 1 is 1.48 bits per heavy atom. The fourth-order valence-electron chi connectivity index (χ4n) is 2.85. The largest absolute Gasteiger partial charge is 0.478 e. The van der Waals surface area contributed by atoms with Gasteiger partial charge in [0.15, 0.2) is 0 Å². The highest BCUT2D eigenvalue weighted by Gasteiger charge is 2.38. The molecule has 0 aromatic heterocycles. The molecule has 1 fully saturated rings. The second kappa shape index (κ2) is 6.31. The monoisotopic (exact) mass is 402 g/mol. The molecule has 5 nitrogen and oxygen atoms in total. The molecule has 0 radical (unpaired) electrons. The van der Waals surface area contributed by atoms with Crippen LogP contribution in [-0.4, -0.2) is 22.5 Å². The molecule has 0 saturated heterocycles. The van der Waals surface area contributed by atoms with Gasteiger partial charge in [-0.05, 0) is 59.5 Å². The number of anilines is 1. The number of benzene rings is 1. The molecule has 0 heterocycles. The number of halogens is 1. The summed E-state index contributed by atoms with van der Waals surface area (Å²) in [7, 11) is 0. The van der Waals surface area contributed by atoms with Crippen LogP contribution in [-0.2, 0) is 4.79 Å². The van der Waals surface area contributed by atoms with Gasteiger partial charge in [0.1, 0.15) is 0 Å². The van der Waals surface area contributed by atoms with Crippen LogP contribution in [0.4, 0.5) is 5.69 Å². The van der Waals surface area contributed by atoms with E-state index >= 15 is 0 Å². The van der Waals surface area contributed by atoms with E-state index in [2.05, 4.69) is 12.2 Å². The number of carbonyl (C=O) groups excluding carboxylic acids is 1. The van der Waals surface area contributed by atoms with E-state index in [-0.39, 0.29) is 11.5 Å².